The Kier molecular flexibility index (Phi) is 14.0. The fourth-order valence-corrected chi connectivity index (χ4v) is 0. The second kappa shape index (κ2) is 10.8. The van der Waals surface area contributed by atoms with Crippen molar-refractivity contribution in [3.63, 3.8) is 0 Å². The maximum Gasteiger partial charge on any atom is 0.0742 e. The molecule has 2 N–H and O–H groups in total. The predicted molar refractivity (Wildman–Crippen MR) is 36.3 cm³/mol. The van der Waals surface area contributed by atoms with Gasteiger partial charge in [-0.25, -0.2) is 0 Å². The lowest BCUT2D eigenvalue weighted by Crippen LogP contribution is -2.03. The van der Waals surface area contributed by atoms with E-state index in [1.807, 2.05) is 6.92 Å². The highest BCUT2D eigenvalue weighted by Crippen LogP contribution is 1.68. The topological polar surface area (TPSA) is 49.7 Å². The molecule has 3 nitrogen and oxygen atoms in total. The number of ether oxygens (including phenoxy) is 1. The van der Waals surface area contributed by atoms with Gasteiger partial charge < -0.3 is 14.9 Å². The van der Waals surface area contributed by atoms with E-state index in [4.69, 9.17) is 10.2 Å². The van der Waals surface area contributed by atoms with Crippen LogP contribution in [0.5, 0.6) is 0 Å². The summed E-state index contributed by atoms with van der Waals surface area (Å²) in [6, 6.07) is 0. The first-order valence-electron chi connectivity index (χ1n) is 2.96. The zero-order valence-electron chi connectivity index (χ0n) is 6.29. The molecule has 0 aromatic carbocycles. The van der Waals surface area contributed by atoms with Crippen molar-refractivity contribution in [2.24, 2.45) is 0 Å². The third-order valence-corrected chi connectivity index (χ3v) is 0.553. The van der Waals surface area contributed by atoms with Crippen molar-refractivity contribution in [2.45, 2.75) is 20.0 Å². The third-order valence-electron chi connectivity index (χ3n) is 0.553. The molecular formula is C6H16O3. The van der Waals surface area contributed by atoms with Gasteiger partial charge in [-0.05, 0) is 13.8 Å². The molecule has 0 aromatic heterocycles. The Hall–Kier alpha value is -0.120. The second-order valence-corrected chi connectivity index (χ2v) is 1.61. The summed E-state index contributed by atoms with van der Waals surface area (Å²) in [4.78, 5) is 0. The van der Waals surface area contributed by atoms with Gasteiger partial charge in [-0.15, -0.1) is 0 Å². The number of hydrogen-bond acceptors (Lipinski definition) is 3. The van der Waals surface area contributed by atoms with Gasteiger partial charge in [0.2, 0.25) is 0 Å². The molecule has 0 aliphatic rings. The Bertz CT molecular complexity index is 35.3. The minimum absolute atomic E-state index is 0.139. The first-order valence-corrected chi connectivity index (χ1v) is 2.96. The second-order valence-electron chi connectivity index (χ2n) is 1.61. The molecular weight excluding hydrogens is 120 g/mol. The van der Waals surface area contributed by atoms with Crippen LogP contribution in [-0.4, -0.2) is 36.6 Å². The van der Waals surface area contributed by atoms with Crippen LogP contribution < -0.4 is 0 Å². The minimum Gasteiger partial charge on any atom is -0.394 e. The SMILES string of the molecule is CC(O)CO.CCOC. The van der Waals surface area contributed by atoms with Gasteiger partial charge in [0.05, 0.1) is 12.7 Å². The number of methoxy groups -OCH3 is 1. The molecule has 0 aliphatic carbocycles. The van der Waals surface area contributed by atoms with E-state index in [2.05, 4.69) is 4.74 Å². The standard InChI is InChI=1S/C3H8O2.C3H8O/c1-3(5)2-4;1-3-4-2/h3-5H,2H2,1H3;3H2,1-2H3. The molecule has 0 fully saturated rings. The van der Waals surface area contributed by atoms with Crippen LogP contribution in [0.2, 0.25) is 0 Å². The maximum absolute atomic E-state index is 8.11. The summed E-state index contributed by atoms with van der Waals surface area (Å²) in [5.74, 6) is 0. The van der Waals surface area contributed by atoms with Gasteiger partial charge in [0.25, 0.3) is 0 Å². The molecule has 0 radical (unpaired) electrons. The highest BCUT2D eigenvalue weighted by atomic mass is 16.5. The summed E-state index contributed by atoms with van der Waals surface area (Å²) >= 11 is 0. The van der Waals surface area contributed by atoms with E-state index in [9.17, 15) is 0 Å². The molecule has 0 saturated heterocycles. The van der Waals surface area contributed by atoms with E-state index in [0.717, 1.165) is 6.61 Å². The molecule has 1 unspecified atom stereocenters. The van der Waals surface area contributed by atoms with Crippen LogP contribution in [0.25, 0.3) is 0 Å². The Morgan fingerprint density at radius 1 is 1.56 bits per heavy atom. The average Bonchev–Trinajstić information content (AvgIpc) is 1.89. The van der Waals surface area contributed by atoms with Gasteiger partial charge in [-0.3, -0.25) is 0 Å². The molecule has 0 rings (SSSR count). The molecule has 9 heavy (non-hydrogen) atoms. The van der Waals surface area contributed by atoms with Crippen LogP contribution in [-0.2, 0) is 4.74 Å². The van der Waals surface area contributed by atoms with Gasteiger partial charge in [0, 0.05) is 13.7 Å². The lowest BCUT2D eigenvalue weighted by molar-refractivity contribution is 0.110. The van der Waals surface area contributed by atoms with E-state index in [1.165, 1.54) is 6.92 Å². The van der Waals surface area contributed by atoms with Crippen molar-refractivity contribution in [3.05, 3.63) is 0 Å². The van der Waals surface area contributed by atoms with E-state index in [1.54, 1.807) is 7.11 Å². The normalized spacial score (nSPS) is 11.7. The fourth-order valence-electron chi connectivity index (χ4n) is 0. The van der Waals surface area contributed by atoms with E-state index in [0.29, 0.717) is 0 Å². The van der Waals surface area contributed by atoms with E-state index >= 15 is 0 Å². The Morgan fingerprint density at radius 2 is 1.78 bits per heavy atom. The quantitative estimate of drug-likeness (QED) is 0.562. The smallest absolute Gasteiger partial charge is 0.0742 e. The molecule has 3 heteroatoms. The molecule has 1 atom stereocenters. The monoisotopic (exact) mass is 136 g/mol. The molecule has 58 valence electrons. The number of aliphatic hydroxyl groups is 2. The van der Waals surface area contributed by atoms with E-state index in [-0.39, 0.29) is 6.61 Å². The van der Waals surface area contributed by atoms with Crippen molar-refractivity contribution >= 4 is 0 Å². The summed E-state index contributed by atoms with van der Waals surface area (Å²) in [5, 5.41) is 16.0. The minimum atomic E-state index is -0.560. The van der Waals surface area contributed by atoms with Crippen molar-refractivity contribution in [2.75, 3.05) is 20.3 Å². The van der Waals surface area contributed by atoms with Crippen molar-refractivity contribution in [1.29, 1.82) is 0 Å². The van der Waals surface area contributed by atoms with Gasteiger partial charge in [0.15, 0.2) is 0 Å². The fraction of sp³-hybridized carbons (Fsp3) is 1.00. The Labute approximate surface area is 56.3 Å². The number of rotatable bonds is 2. The molecule has 0 saturated carbocycles. The van der Waals surface area contributed by atoms with Crippen molar-refractivity contribution in [1.82, 2.24) is 0 Å². The van der Waals surface area contributed by atoms with Crippen LogP contribution in [0.1, 0.15) is 13.8 Å². The van der Waals surface area contributed by atoms with Gasteiger partial charge in [0.1, 0.15) is 0 Å². The number of hydrogen-bond donors (Lipinski definition) is 2. The molecule has 0 heterocycles. The van der Waals surface area contributed by atoms with Crippen LogP contribution in [0, 0.1) is 0 Å². The lowest BCUT2D eigenvalue weighted by atomic mass is 10.5. The highest BCUT2D eigenvalue weighted by molar-refractivity contribution is 4.34. The number of aliphatic hydroxyl groups excluding tert-OH is 2. The average molecular weight is 136 g/mol. The van der Waals surface area contributed by atoms with Crippen LogP contribution in [0.15, 0.2) is 0 Å². The third kappa shape index (κ3) is 32.8. The Morgan fingerprint density at radius 3 is 1.78 bits per heavy atom. The summed E-state index contributed by atoms with van der Waals surface area (Å²) in [5.41, 5.74) is 0. The lowest BCUT2D eigenvalue weighted by Gasteiger charge is -1.90. The molecule has 0 bridgehead atoms. The molecule has 0 aromatic rings. The van der Waals surface area contributed by atoms with Crippen LogP contribution >= 0.6 is 0 Å². The molecule has 0 aliphatic heterocycles. The molecule has 0 spiro atoms. The zero-order chi connectivity index (χ0) is 7.70. The summed E-state index contributed by atoms with van der Waals surface area (Å²) in [6.07, 6.45) is -0.560. The molecule has 0 amide bonds. The van der Waals surface area contributed by atoms with Crippen molar-refractivity contribution in [3.8, 4) is 0 Å². The highest BCUT2D eigenvalue weighted by Gasteiger charge is 1.83. The summed E-state index contributed by atoms with van der Waals surface area (Å²) in [6.45, 7) is 4.17. The Balaban J connectivity index is 0. The summed E-state index contributed by atoms with van der Waals surface area (Å²) in [7, 11) is 1.68. The van der Waals surface area contributed by atoms with E-state index < -0.39 is 6.10 Å². The van der Waals surface area contributed by atoms with Gasteiger partial charge in [-0.2, -0.15) is 0 Å². The predicted octanol–water partition coefficient (Wildman–Crippen LogP) is 0.0122. The van der Waals surface area contributed by atoms with Crippen LogP contribution in [0.4, 0.5) is 0 Å². The first-order chi connectivity index (χ1) is 4.18. The first kappa shape index (κ1) is 11.6. The maximum atomic E-state index is 8.11. The van der Waals surface area contributed by atoms with Gasteiger partial charge in [-0.1, -0.05) is 0 Å². The van der Waals surface area contributed by atoms with Crippen LogP contribution in [0.3, 0.4) is 0 Å². The van der Waals surface area contributed by atoms with Gasteiger partial charge >= 0.3 is 0 Å². The zero-order valence-corrected chi connectivity index (χ0v) is 6.29. The largest absolute Gasteiger partial charge is 0.394 e. The summed E-state index contributed by atoms with van der Waals surface area (Å²) < 4.78 is 4.54. The van der Waals surface area contributed by atoms with Crippen molar-refractivity contribution < 1.29 is 14.9 Å².